The fourth-order valence-corrected chi connectivity index (χ4v) is 3.98. The van der Waals surface area contributed by atoms with Crippen molar-refractivity contribution in [3.8, 4) is 0 Å². The molecule has 0 atom stereocenters. The van der Waals surface area contributed by atoms with Gasteiger partial charge in [0.25, 0.3) is 0 Å². The van der Waals surface area contributed by atoms with Crippen molar-refractivity contribution in [3.05, 3.63) is 64.2 Å². The Hall–Kier alpha value is -2.82. The largest absolute Gasteiger partial charge is 0.461 e. The van der Waals surface area contributed by atoms with Crippen LogP contribution in [0.3, 0.4) is 0 Å². The van der Waals surface area contributed by atoms with E-state index >= 15 is 0 Å². The Labute approximate surface area is 237 Å². The lowest BCUT2D eigenvalue weighted by atomic mass is 9.79. The summed E-state index contributed by atoms with van der Waals surface area (Å²) in [5.41, 5.74) is 6.35. The van der Waals surface area contributed by atoms with Crippen molar-refractivity contribution in [3.63, 3.8) is 0 Å². The molecule has 2 rings (SSSR count). The molecule has 0 heterocycles. The molecule has 39 heavy (non-hydrogen) atoms. The Balaban J connectivity index is 1.90. The maximum Gasteiger partial charge on any atom is 0.411 e. The smallest absolute Gasteiger partial charge is 0.411 e. The molecule has 1 amide bonds. The first-order valence-corrected chi connectivity index (χ1v) is 14.1. The number of nitrogens with one attached hydrogen (secondary N) is 1. The molecular weight excluding hydrogens is 486 g/mol. The van der Waals surface area contributed by atoms with E-state index in [2.05, 4.69) is 113 Å². The number of rotatable bonds is 7. The molecule has 0 radical (unpaired) electrons. The topological polar surface area (TPSA) is 64.6 Å². The SMILES string of the molecule is CC(C)(C)c1cc(COC(=O)CCCOC(=O)Nc2cc(C(C)(C)C)cc(C(C)(C)C)c2)cc(C(C)(C)C)c1. The summed E-state index contributed by atoms with van der Waals surface area (Å²) < 4.78 is 10.9. The van der Waals surface area contributed by atoms with E-state index in [4.69, 9.17) is 9.47 Å². The number of hydrogen-bond donors (Lipinski definition) is 1. The van der Waals surface area contributed by atoms with E-state index in [1.165, 1.54) is 11.1 Å². The van der Waals surface area contributed by atoms with Gasteiger partial charge in [0.15, 0.2) is 0 Å². The highest BCUT2D eigenvalue weighted by molar-refractivity contribution is 5.85. The summed E-state index contributed by atoms with van der Waals surface area (Å²) in [5, 5.41) is 2.86. The summed E-state index contributed by atoms with van der Waals surface area (Å²) in [7, 11) is 0. The number of ether oxygens (including phenoxy) is 2. The van der Waals surface area contributed by atoms with Crippen molar-refractivity contribution in [1.29, 1.82) is 0 Å². The number of hydrogen-bond acceptors (Lipinski definition) is 4. The van der Waals surface area contributed by atoms with Crippen molar-refractivity contribution < 1.29 is 19.1 Å². The molecule has 0 aliphatic rings. The highest BCUT2D eigenvalue weighted by Crippen LogP contribution is 2.33. The monoisotopic (exact) mass is 537 g/mol. The maximum absolute atomic E-state index is 12.5. The third kappa shape index (κ3) is 10.3. The first kappa shape index (κ1) is 32.4. The van der Waals surface area contributed by atoms with Crippen molar-refractivity contribution >= 4 is 17.7 Å². The molecule has 0 unspecified atom stereocenters. The van der Waals surface area contributed by atoms with Crippen molar-refractivity contribution in [2.45, 2.75) is 124 Å². The Morgan fingerprint density at radius 2 is 1.03 bits per heavy atom. The zero-order chi connectivity index (χ0) is 29.8. The van der Waals surface area contributed by atoms with Gasteiger partial charge < -0.3 is 9.47 Å². The van der Waals surface area contributed by atoms with Crippen LogP contribution in [0, 0.1) is 0 Å². The van der Waals surface area contributed by atoms with E-state index in [1.54, 1.807) is 0 Å². The summed E-state index contributed by atoms with van der Waals surface area (Å²) in [6, 6.07) is 12.7. The van der Waals surface area contributed by atoms with E-state index in [9.17, 15) is 9.59 Å². The summed E-state index contributed by atoms with van der Waals surface area (Å²) >= 11 is 0. The zero-order valence-electron chi connectivity index (χ0n) is 26.4. The van der Waals surface area contributed by atoms with Crippen LogP contribution in [-0.2, 0) is 42.5 Å². The Morgan fingerprint density at radius 3 is 1.44 bits per heavy atom. The predicted molar refractivity (Wildman–Crippen MR) is 162 cm³/mol. The highest BCUT2D eigenvalue weighted by atomic mass is 16.5. The van der Waals surface area contributed by atoms with Crippen LogP contribution >= 0.6 is 0 Å². The average Bonchev–Trinajstić information content (AvgIpc) is 2.78. The fourth-order valence-electron chi connectivity index (χ4n) is 3.98. The molecule has 0 saturated carbocycles. The van der Waals surface area contributed by atoms with Gasteiger partial charge in [-0.3, -0.25) is 10.1 Å². The molecule has 0 aromatic heterocycles. The number of esters is 1. The predicted octanol–water partition coefficient (Wildman–Crippen LogP) is 8.95. The molecule has 0 saturated heterocycles. The second-order valence-electron chi connectivity index (χ2n) is 14.7. The van der Waals surface area contributed by atoms with Crippen molar-refractivity contribution in [1.82, 2.24) is 0 Å². The maximum atomic E-state index is 12.5. The zero-order valence-corrected chi connectivity index (χ0v) is 26.4. The lowest BCUT2D eigenvalue weighted by Crippen LogP contribution is -2.19. The van der Waals surface area contributed by atoms with Crippen molar-refractivity contribution in [2.24, 2.45) is 0 Å². The first-order chi connectivity index (χ1) is 17.7. The molecule has 2 aromatic rings. The van der Waals surface area contributed by atoms with Crippen LogP contribution < -0.4 is 5.32 Å². The van der Waals surface area contributed by atoms with Gasteiger partial charge in [-0.2, -0.15) is 0 Å². The van der Waals surface area contributed by atoms with E-state index < -0.39 is 6.09 Å². The van der Waals surface area contributed by atoms with Gasteiger partial charge in [-0.1, -0.05) is 107 Å². The van der Waals surface area contributed by atoms with Crippen LogP contribution in [0.25, 0.3) is 0 Å². The van der Waals surface area contributed by atoms with Gasteiger partial charge in [-0.05, 0) is 68.0 Å². The van der Waals surface area contributed by atoms with Crippen molar-refractivity contribution in [2.75, 3.05) is 11.9 Å². The minimum absolute atomic E-state index is 0.000303. The Bertz CT molecular complexity index is 1090. The first-order valence-electron chi connectivity index (χ1n) is 14.1. The van der Waals surface area contributed by atoms with Gasteiger partial charge in [-0.15, -0.1) is 0 Å². The molecular formula is C34H51NO4. The molecule has 2 aromatic carbocycles. The highest BCUT2D eigenvalue weighted by Gasteiger charge is 2.22. The lowest BCUT2D eigenvalue weighted by Gasteiger charge is -2.26. The fraction of sp³-hybridized carbons (Fsp3) is 0.588. The van der Waals surface area contributed by atoms with Gasteiger partial charge in [0.1, 0.15) is 6.61 Å². The summed E-state index contributed by atoms with van der Waals surface area (Å²) in [5.74, 6) is -0.301. The minimum Gasteiger partial charge on any atom is -0.461 e. The summed E-state index contributed by atoms with van der Waals surface area (Å²) in [4.78, 5) is 24.9. The van der Waals surface area contributed by atoms with Gasteiger partial charge in [-0.25, -0.2) is 4.79 Å². The quantitative estimate of drug-likeness (QED) is 0.283. The van der Waals surface area contributed by atoms with E-state index in [-0.39, 0.29) is 47.3 Å². The number of benzene rings is 2. The molecule has 0 bridgehead atoms. The van der Waals surface area contributed by atoms with Crippen LogP contribution in [0.4, 0.5) is 10.5 Å². The number of carbonyl (C=O) groups excluding carboxylic acids is 2. The van der Waals surface area contributed by atoms with Crippen LogP contribution in [0.1, 0.15) is 124 Å². The second kappa shape index (κ2) is 12.1. The van der Waals surface area contributed by atoms with Gasteiger partial charge >= 0.3 is 12.1 Å². The molecule has 5 nitrogen and oxygen atoms in total. The third-order valence-electron chi connectivity index (χ3n) is 6.79. The molecule has 0 aliphatic heterocycles. The van der Waals surface area contributed by atoms with E-state index in [0.717, 1.165) is 16.7 Å². The standard InChI is InChI=1S/C34H51NO4/c1-31(2,3)24-16-23(17-25(18-24)32(4,5)6)22-39-29(36)14-13-15-38-30(37)35-28-20-26(33(7,8)9)19-27(21-28)34(10,11)12/h16-21H,13-15,22H2,1-12H3,(H,35,37). The summed E-state index contributed by atoms with van der Waals surface area (Å²) in [6.07, 6.45) is 0.0612. The average molecular weight is 538 g/mol. The van der Waals surface area contributed by atoms with Crippen LogP contribution in [0.5, 0.6) is 0 Å². The molecule has 0 fully saturated rings. The molecule has 216 valence electrons. The van der Waals surface area contributed by atoms with Gasteiger partial charge in [0, 0.05) is 12.1 Å². The Morgan fingerprint density at radius 1 is 0.615 bits per heavy atom. The Kier molecular flexibility index (Phi) is 10.1. The number of carbonyl (C=O) groups is 2. The number of amides is 1. The minimum atomic E-state index is -0.525. The van der Waals surface area contributed by atoms with E-state index in [0.29, 0.717) is 12.1 Å². The summed E-state index contributed by atoms with van der Waals surface area (Å²) in [6.45, 7) is 26.4. The lowest BCUT2D eigenvalue weighted by molar-refractivity contribution is -0.145. The van der Waals surface area contributed by atoms with Gasteiger partial charge in [0.05, 0.1) is 6.61 Å². The van der Waals surface area contributed by atoms with Crippen LogP contribution in [0.2, 0.25) is 0 Å². The second-order valence-corrected chi connectivity index (χ2v) is 14.7. The van der Waals surface area contributed by atoms with E-state index in [1.807, 2.05) is 12.1 Å². The third-order valence-corrected chi connectivity index (χ3v) is 6.79. The van der Waals surface area contributed by atoms with Crippen LogP contribution in [-0.4, -0.2) is 18.7 Å². The molecule has 0 spiro atoms. The molecule has 1 N–H and O–H groups in total. The normalized spacial score (nSPS) is 12.7. The van der Waals surface area contributed by atoms with Gasteiger partial charge in [0.2, 0.25) is 0 Å². The van der Waals surface area contributed by atoms with Crippen LogP contribution in [0.15, 0.2) is 36.4 Å². The molecule has 5 heteroatoms. The number of anilines is 1. The molecule has 0 aliphatic carbocycles.